The van der Waals surface area contributed by atoms with Gasteiger partial charge in [-0.25, -0.2) is 0 Å². The van der Waals surface area contributed by atoms with Crippen LogP contribution in [0.1, 0.15) is 5.56 Å². The van der Waals surface area contributed by atoms with E-state index in [-0.39, 0.29) is 0 Å². The third kappa shape index (κ3) is 2.46. The molecule has 1 atom stereocenters. The van der Waals surface area contributed by atoms with Crippen molar-refractivity contribution >= 4 is 47.8 Å². The van der Waals surface area contributed by atoms with Crippen LogP contribution in [0.2, 0.25) is 0 Å². The van der Waals surface area contributed by atoms with Gasteiger partial charge in [-0.15, -0.1) is 0 Å². The molecule has 0 spiro atoms. The molecule has 96 valence electrons. The van der Waals surface area contributed by atoms with Gasteiger partial charge in [0.25, 0.3) is 0 Å². The summed E-state index contributed by atoms with van der Waals surface area (Å²) in [4.78, 5) is 0. The number of hydrogen-bond acceptors (Lipinski definition) is 3. The molecule has 0 fully saturated rings. The molecule has 1 aromatic heterocycles. The van der Waals surface area contributed by atoms with Crippen LogP contribution >= 0.6 is 47.8 Å². The Morgan fingerprint density at radius 1 is 1.16 bits per heavy atom. The SMILES string of the molecule is Brc1cc(-c2ccc(C3(Br)C=CN=N3)c(Br)c2)n[nH]1. The maximum Gasteiger partial charge on any atom is 0.182 e. The largest absolute Gasteiger partial charge is 0.271 e. The van der Waals surface area contributed by atoms with Gasteiger partial charge in [0, 0.05) is 21.8 Å². The molecule has 0 radical (unpaired) electrons. The van der Waals surface area contributed by atoms with E-state index in [9.17, 15) is 0 Å². The van der Waals surface area contributed by atoms with Crippen LogP contribution in [0.5, 0.6) is 0 Å². The summed E-state index contributed by atoms with van der Waals surface area (Å²) in [5.74, 6) is 0. The summed E-state index contributed by atoms with van der Waals surface area (Å²) in [6.45, 7) is 0. The van der Waals surface area contributed by atoms with Gasteiger partial charge in [0.2, 0.25) is 0 Å². The number of benzene rings is 1. The molecule has 1 aliphatic rings. The maximum absolute atomic E-state index is 4.21. The molecular weight excluding hydrogens is 440 g/mol. The molecule has 1 aromatic carbocycles. The van der Waals surface area contributed by atoms with Gasteiger partial charge in [0.05, 0.1) is 5.69 Å². The third-order valence-electron chi connectivity index (χ3n) is 2.75. The molecule has 0 bridgehead atoms. The Balaban J connectivity index is 2.03. The number of nitrogens with one attached hydrogen (secondary N) is 1. The summed E-state index contributed by atoms with van der Waals surface area (Å²) < 4.78 is 1.23. The van der Waals surface area contributed by atoms with E-state index in [0.717, 1.165) is 25.9 Å². The van der Waals surface area contributed by atoms with Gasteiger partial charge >= 0.3 is 0 Å². The van der Waals surface area contributed by atoms with Crippen molar-refractivity contribution < 1.29 is 0 Å². The zero-order valence-electron chi connectivity index (χ0n) is 9.44. The lowest BCUT2D eigenvalue weighted by atomic mass is 10.0. The van der Waals surface area contributed by atoms with Gasteiger partial charge in [-0.3, -0.25) is 5.10 Å². The van der Waals surface area contributed by atoms with Crippen molar-refractivity contribution in [3.63, 3.8) is 0 Å². The third-order valence-corrected chi connectivity index (χ3v) is 4.67. The number of halogens is 3. The van der Waals surface area contributed by atoms with Crippen LogP contribution in [-0.4, -0.2) is 10.2 Å². The summed E-state index contributed by atoms with van der Waals surface area (Å²) in [6.07, 6.45) is 3.58. The highest BCUT2D eigenvalue weighted by Crippen LogP contribution is 2.42. The zero-order chi connectivity index (χ0) is 13.5. The molecule has 1 N–H and O–H groups in total. The lowest BCUT2D eigenvalue weighted by Gasteiger charge is -2.17. The number of azo groups is 1. The summed E-state index contributed by atoms with van der Waals surface area (Å²) in [6, 6.07) is 7.96. The lowest BCUT2D eigenvalue weighted by Crippen LogP contribution is -2.09. The Morgan fingerprint density at radius 3 is 2.58 bits per heavy atom. The van der Waals surface area contributed by atoms with Gasteiger partial charge in [0.15, 0.2) is 4.45 Å². The summed E-state index contributed by atoms with van der Waals surface area (Å²) in [5.41, 5.74) is 2.90. The average molecular weight is 447 g/mol. The Labute approximate surface area is 134 Å². The fourth-order valence-electron chi connectivity index (χ4n) is 1.83. The number of hydrogen-bond donors (Lipinski definition) is 1. The minimum atomic E-state index is -0.573. The number of alkyl halides is 1. The second-order valence-corrected chi connectivity index (χ2v) is 6.92. The predicted octanol–water partition coefficient (Wildman–Crippen LogP) is 5.13. The van der Waals surface area contributed by atoms with Crippen molar-refractivity contribution in [3.8, 4) is 11.3 Å². The Morgan fingerprint density at radius 2 is 2.00 bits per heavy atom. The average Bonchev–Trinajstić information content (AvgIpc) is 2.99. The highest BCUT2D eigenvalue weighted by molar-refractivity contribution is 9.11. The van der Waals surface area contributed by atoms with Gasteiger partial charge < -0.3 is 0 Å². The zero-order valence-corrected chi connectivity index (χ0v) is 14.2. The number of aromatic nitrogens is 2. The van der Waals surface area contributed by atoms with E-state index in [1.165, 1.54) is 0 Å². The second-order valence-electron chi connectivity index (χ2n) is 4.00. The summed E-state index contributed by atoms with van der Waals surface area (Å²) >= 11 is 10.5. The first-order valence-corrected chi connectivity index (χ1v) is 7.76. The monoisotopic (exact) mass is 444 g/mol. The van der Waals surface area contributed by atoms with Crippen LogP contribution in [0.3, 0.4) is 0 Å². The van der Waals surface area contributed by atoms with Crippen LogP contribution in [0, 0.1) is 0 Å². The molecule has 0 saturated carbocycles. The fraction of sp³-hybridized carbons (Fsp3) is 0.0833. The van der Waals surface area contributed by atoms with E-state index in [0.29, 0.717) is 0 Å². The number of rotatable bonds is 2. The van der Waals surface area contributed by atoms with Crippen LogP contribution in [0.4, 0.5) is 0 Å². The van der Waals surface area contributed by atoms with E-state index in [2.05, 4.69) is 68.2 Å². The normalized spacial score (nSPS) is 21.2. The number of H-pyrrole nitrogens is 1. The maximum atomic E-state index is 4.21. The minimum absolute atomic E-state index is 0.573. The van der Waals surface area contributed by atoms with Crippen LogP contribution in [-0.2, 0) is 4.45 Å². The Bertz CT molecular complexity index is 678. The first kappa shape index (κ1) is 13.2. The topological polar surface area (TPSA) is 53.4 Å². The smallest absolute Gasteiger partial charge is 0.182 e. The Kier molecular flexibility index (Phi) is 3.44. The molecule has 4 nitrogen and oxygen atoms in total. The second kappa shape index (κ2) is 4.96. The molecule has 7 heteroatoms. The van der Waals surface area contributed by atoms with E-state index >= 15 is 0 Å². The molecule has 2 heterocycles. The minimum Gasteiger partial charge on any atom is -0.271 e. The van der Waals surface area contributed by atoms with E-state index < -0.39 is 4.45 Å². The van der Waals surface area contributed by atoms with Gasteiger partial charge in [-0.1, -0.05) is 28.1 Å². The van der Waals surface area contributed by atoms with E-state index in [1.54, 1.807) is 6.20 Å². The lowest BCUT2D eigenvalue weighted by molar-refractivity contribution is 0.819. The number of nitrogens with zero attached hydrogens (tertiary/aromatic N) is 3. The summed E-state index contributed by atoms with van der Waals surface area (Å²) in [7, 11) is 0. The number of aromatic amines is 1. The first-order valence-electron chi connectivity index (χ1n) is 5.38. The van der Waals surface area contributed by atoms with Crippen LogP contribution in [0.25, 0.3) is 11.3 Å². The highest BCUT2D eigenvalue weighted by Gasteiger charge is 2.30. The standard InChI is InChI=1S/C12H7Br3N4/c13-9-5-7(10-6-11(14)18-17-10)1-2-8(9)12(15)3-4-16-19-12/h1-6H,(H,17,18). The van der Waals surface area contributed by atoms with Crippen molar-refractivity contribution in [1.82, 2.24) is 10.2 Å². The van der Waals surface area contributed by atoms with Crippen LogP contribution in [0.15, 0.2) is 55.8 Å². The molecular formula is C12H7Br3N4. The molecule has 1 aliphatic heterocycles. The van der Waals surface area contributed by atoms with E-state index in [4.69, 9.17) is 0 Å². The molecule has 2 aromatic rings. The molecule has 0 aliphatic carbocycles. The van der Waals surface area contributed by atoms with Gasteiger partial charge in [0.1, 0.15) is 4.60 Å². The van der Waals surface area contributed by atoms with Crippen molar-refractivity contribution in [3.05, 3.63) is 51.2 Å². The quantitative estimate of drug-likeness (QED) is 0.504. The molecule has 19 heavy (non-hydrogen) atoms. The van der Waals surface area contributed by atoms with Crippen molar-refractivity contribution in [2.75, 3.05) is 0 Å². The van der Waals surface area contributed by atoms with Gasteiger partial charge in [-0.05, 0) is 50.1 Å². The highest BCUT2D eigenvalue weighted by atomic mass is 79.9. The predicted molar refractivity (Wildman–Crippen MR) is 84.0 cm³/mol. The summed E-state index contributed by atoms with van der Waals surface area (Å²) in [5, 5.41) is 15.1. The van der Waals surface area contributed by atoms with Gasteiger partial charge in [-0.2, -0.15) is 15.3 Å². The fourth-order valence-corrected chi connectivity index (χ4v) is 3.64. The van der Waals surface area contributed by atoms with Crippen LogP contribution < -0.4 is 0 Å². The first-order chi connectivity index (χ1) is 9.08. The Hall–Kier alpha value is -0.790. The van der Waals surface area contributed by atoms with Crippen molar-refractivity contribution in [1.29, 1.82) is 0 Å². The molecule has 0 amide bonds. The van der Waals surface area contributed by atoms with E-state index in [1.807, 2.05) is 30.3 Å². The molecule has 0 saturated heterocycles. The molecule has 1 unspecified atom stereocenters. The van der Waals surface area contributed by atoms with Crippen molar-refractivity contribution in [2.45, 2.75) is 4.45 Å². The molecule has 3 rings (SSSR count). The van der Waals surface area contributed by atoms with Crippen molar-refractivity contribution in [2.24, 2.45) is 10.2 Å².